The molecule has 0 saturated carbocycles. The number of amides is 2. The first kappa shape index (κ1) is 33.7. The van der Waals surface area contributed by atoms with Crippen LogP contribution in [0.25, 0.3) is 0 Å². The fourth-order valence-electron chi connectivity index (χ4n) is 5.15. The Labute approximate surface area is 271 Å². The standard InChI is InChI=1S/C36H40ClN3O4S/c1-26-13-12-16-29(21-26)24-39(33(35(42)38-36(3,4)5)23-28-14-8-6-9-15-28)34(41)25-40(32-20-19-30(37)22-27(32)2)45(43,44)31-17-10-7-11-18-31/h6-22,33H,23-25H2,1-5H3,(H,38,42)/t33-/m1/s1. The summed E-state index contributed by atoms with van der Waals surface area (Å²) in [7, 11) is -4.19. The van der Waals surface area contributed by atoms with Crippen molar-refractivity contribution in [1.29, 1.82) is 0 Å². The molecule has 0 spiro atoms. The highest BCUT2D eigenvalue weighted by Gasteiger charge is 2.36. The van der Waals surface area contributed by atoms with E-state index in [9.17, 15) is 18.0 Å². The van der Waals surface area contributed by atoms with Gasteiger partial charge in [0.15, 0.2) is 0 Å². The van der Waals surface area contributed by atoms with Crippen LogP contribution < -0.4 is 9.62 Å². The molecular weight excluding hydrogens is 606 g/mol. The highest BCUT2D eigenvalue weighted by molar-refractivity contribution is 7.92. The quantitative estimate of drug-likeness (QED) is 0.197. The van der Waals surface area contributed by atoms with Crippen molar-refractivity contribution in [2.24, 2.45) is 0 Å². The second-order valence-corrected chi connectivity index (χ2v) is 14.5. The molecule has 45 heavy (non-hydrogen) atoms. The molecule has 4 rings (SSSR count). The van der Waals surface area contributed by atoms with Crippen LogP contribution in [0.4, 0.5) is 5.69 Å². The summed E-state index contributed by atoms with van der Waals surface area (Å²) in [5, 5.41) is 3.50. The lowest BCUT2D eigenvalue weighted by molar-refractivity contribution is -0.140. The van der Waals surface area contributed by atoms with Gasteiger partial charge in [-0.3, -0.25) is 13.9 Å². The predicted molar refractivity (Wildman–Crippen MR) is 181 cm³/mol. The van der Waals surface area contributed by atoms with Crippen molar-refractivity contribution in [3.05, 3.63) is 130 Å². The first-order valence-electron chi connectivity index (χ1n) is 14.8. The number of hydrogen-bond donors (Lipinski definition) is 1. The molecule has 0 unspecified atom stereocenters. The van der Waals surface area contributed by atoms with E-state index in [1.165, 1.54) is 17.0 Å². The predicted octanol–water partition coefficient (Wildman–Crippen LogP) is 6.71. The van der Waals surface area contributed by atoms with Crippen molar-refractivity contribution in [2.75, 3.05) is 10.8 Å². The monoisotopic (exact) mass is 645 g/mol. The lowest BCUT2D eigenvalue weighted by atomic mass is 10.0. The summed E-state index contributed by atoms with van der Waals surface area (Å²) in [4.78, 5) is 30.1. The van der Waals surface area contributed by atoms with Gasteiger partial charge >= 0.3 is 0 Å². The van der Waals surface area contributed by atoms with Crippen LogP contribution in [0.1, 0.15) is 43.0 Å². The number of nitrogens with one attached hydrogen (secondary N) is 1. The van der Waals surface area contributed by atoms with Gasteiger partial charge in [-0.25, -0.2) is 8.42 Å². The molecule has 0 radical (unpaired) electrons. The number of benzene rings is 4. The Kier molecular flexibility index (Phi) is 10.7. The molecule has 2 amide bonds. The maximum absolute atomic E-state index is 14.6. The number of hydrogen-bond acceptors (Lipinski definition) is 4. The maximum atomic E-state index is 14.6. The summed E-state index contributed by atoms with van der Waals surface area (Å²) >= 11 is 6.23. The Bertz CT molecular complexity index is 1740. The van der Waals surface area contributed by atoms with Crippen LogP contribution in [-0.4, -0.2) is 43.3 Å². The largest absolute Gasteiger partial charge is 0.350 e. The third-order valence-corrected chi connectivity index (χ3v) is 9.25. The number of carbonyl (C=O) groups is 2. The SMILES string of the molecule is Cc1cccc(CN(C(=O)CN(c2ccc(Cl)cc2C)S(=O)(=O)c2ccccc2)[C@H](Cc2ccccc2)C(=O)NC(C)(C)C)c1. The normalized spacial score (nSPS) is 12.3. The Morgan fingerprint density at radius 2 is 1.44 bits per heavy atom. The number of carbonyl (C=O) groups excluding carboxylic acids is 2. The van der Waals surface area contributed by atoms with E-state index in [2.05, 4.69) is 5.32 Å². The summed E-state index contributed by atoms with van der Waals surface area (Å²) in [6, 6.07) is 29.2. The van der Waals surface area contributed by atoms with Gasteiger partial charge in [-0.1, -0.05) is 90.0 Å². The maximum Gasteiger partial charge on any atom is 0.264 e. The van der Waals surface area contributed by atoms with Gasteiger partial charge in [-0.2, -0.15) is 0 Å². The number of nitrogens with zero attached hydrogens (tertiary/aromatic N) is 2. The van der Waals surface area contributed by atoms with E-state index in [0.29, 0.717) is 16.3 Å². The molecule has 0 aliphatic rings. The summed E-state index contributed by atoms with van der Waals surface area (Å²) < 4.78 is 29.4. The molecule has 0 aliphatic carbocycles. The van der Waals surface area contributed by atoms with E-state index >= 15 is 0 Å². The van der Waals surface area contributed by atoms with Crippen LogP contribution in [0, 0.1) is 13.8 Å². The van der Waals surface area contributed by atoms with E-state index in [4.69, 9.17) is 11.6 Å². The van der Waals surface area contributed by atoms with E-state index in [0.717, 1.165) is 21.0 Å². The zero-order valence-corrected chi connectivity index (χ0v) is 27.9. The number of rotatable bonds is 11. The molecule has 4 aromatic rings. The van der Waals surface area contributed by atoms with Crippen LogP contribution in [0.15, 0.2) is 108 Å². The lowest BCUT2D eigenvalue weighted by Crippen LogP contribution is -2.56. The summed E-state index contributed by atoms with van der Waals surface area (Å²) in [5.41, 5.74) is 3.05. The number of sulfonamides is 1. The second-order valence-electron chi connectivity index (χ2n) is 12.2. The van der Waals surface area contributed by atoms with Crippen LogP contribution in [0.5, 0.6) is 0 Å². The van der Waals surface area contributed by atoms with Gasteiger partial charge in [0.05, 0.1) is 10.6 Å². The minimum Gasteiger partial charge on any atom is -0.350 e. The Morgan fingerprint density at radius 3 is 2.04 bits per heavy atom. The fourth-order valence-corrected chi connectivity index (χ4v) is 6.87. The van der Waals surface area contributed by atoms with Crippen molar-refractivity contribution in [2.45, 2.75) is 64.1 Å². The summed E-state index contributed by atoms with van der Waals surface area (Å²) in [6.45, 7) is 8.94. The van der Waals surface area contributed by atoms with Crippen LogP contribution >= 0.6 is 11.6 Å². The van der Waals surface area contributed by atoms with E-state index in [1.54, 1.807) is 43.3 Å². The Morgan fingerprint density at radius 1 is 0.822 bits per heavy atom. The van der Waals surface area contributed by atoms with Gasteiger partial charge in [-0.05, 0) is 81.6 Å². The molecule has 1 atom stereocenters. The summed E-state index contributed by atoms with van der Waals surface area (Å²) in [6.07, 6.45) is 0.242. The lowest BCUT2D eigenvalue weighted by Gasteiger charge is -2.35. The number of aryl methyl sites for hydroxylation is 2. The molecule has 0 bridgehead atoms. The van der Waals surface area contributed by atoms with E-state index in [-0.39, 0.29) is 23.8 Å². The molecule has 9 heteroatoms. The smallest absolute Gasteiger partial charge is 0.264 e. The third-order valence-electron chi connectivity index (χ3n) is 7.24. The molecule has 1 N–H and O–H groups in total. The van der Waals surface area contributed by atoms with Crippen molar-refractivity contribution in [3.63, 3.8) is 0 Å². The van der Waals surface area contributed by atoms with Gasteiger partial charge < -0.3 is 10.2 Å². The van der Waals surface area contributed by atoms with Crippen LogP contribution in [-0.2, 0) is 32.6 Å². The molecule has 4 aromatic carbocycles. The first-order valence-corrected chi connectivity index (χ1v) is 16.6. The zero-order valence-electron chi connectivity index (χ0n) is 26.3. The molecule has 7 nitrogen and oxygen atoms in total. The average molecular weight is 646 g/mol. The van der Waals surface area contributed by atoms with Crippen molar-refractivity contribution < 1.29 is 18.0 Å². The van der Waals surface area contributed by atoms with Crippen LogP contribution in [0.2, 0.25) is 5.02 Å². The van der Waals surface area contributed by atoms with E-state index < -0.39 is 34.1 Å². The van der Waals surface area contributed by atoms with Crippen LogP contribution in [0.3, 0.4) is 0 Å². The van der Waals surface area contributed by atoms with Gasteiger partial charge in [0.2, 0.25) is 11.8 Å². The average Bonchev–Trinajstić information content (AvgIpc) is 2.98. The second kappa shape index (κ2) is 14.3. The topological polar surface area (TPSA) is 86.8 Å². The molecule has 0 fully saturated rings. The zero-order chi connectivity index (χ0) is 32.8. The number of anilines is 1. The summed E-state index contributed by atoms with van der Waals surface area (Å²) in [5.74, 6) is -0.845. The molecule has 0 saturated heterocycles. The third kappa shape index (κ3) is 8.96. The Balaban J connectivity index is 1.84. The van der Waals surface area contributed by atoms with Crippen molar-refractivity contribution in [3.8, 4) is 0 Å². The van der Waals surface area contributed by atoms with Crippen molar-refractivity contribution in [1.82, 2.24) is 10.2 Å². The highest BCUT2D eigenvalue weighted by Crippen LogP contribution is 2.29. The van der Waals surface area contributed by atoms with Crippen molar-refractivity contribution >= 4 is 39.1 Å². The molecule has 0 aromatic heterocycles. The molecule has 236 valence electrons. The molecule has 0 aliphatic heterocycles. The van der Waals surface area contributed by atoms with Gasteiger partial charge in [0.25, 0.3) is 10.0 Å². The van der Waals surface area contributed by atoms with E-state index in [1.807, 2.05) is 82.3 Å². The van der Waals surface area contributed by atoms with Gasteiger partial charge in [0, 0.05) is 23.5 Å². The minimum atomic E-state index is -4.19. The first-order chi connectivity index (χ1) is 21.2. The highest BCUT2D eigenvalue weighted by atomic mass is 35.5. The Hall–Kier alpha value is -4.14. The minimum absolute atomic E-state index is 0.0451. The van der Waals surface area contributed by atoms with Gasteiger partial charge in [-0.15, -0.1) is 0 Å². The van der Waals surface area contributed by atoms with Gasteiger partial charge in [0.1, 0.15) is 12.6 Å². The molecule has 0 heterocycles. The number of halogens is 1. The molecular formula is C36H40ClN3O4S. The fraction of sp³-hybridized carbons (Fsp3) is 0.278.